The van der Waals surface area contributed by atoms with E-state index in [4.69, 9.17) is 0 Å². The fourth-order valence-electron chi connectivity index (χ4n) is 1.85. The van der Waals surface area contributed by atoms with Crippen molar-refractivity contribution < 1.29 is 0 Å². The molecule has 0 bridgehead atoms. The van der Waals surface area contributed by atoms with Gasteiger partial charge in [-0.05, 0) is 12.1 Å². The van der Waals surface area contributed by atoms with Crippen LogP contribution >= 0.6 is 0 Å². The summed E-state index contributed by atoms with van der Waals surface area (Å²) < 4.78 is 0. The first-order chi connectivity index (χ1) is 8.93. The quantitative estimate of drug-likeness (QED) is 0.460. The van der Waals surface area contributed by atoms with Crippen molar-refractivity contribution in [2.75, 3.05) is 0 Å². The van der Waals surface area contributed by atoms with E-state index >= 15 is 0 Å². The Balaban J connectivity index is 0.000000111. The minimum Gasteiger partial charge on any atom is -0.361 e. The van der Waals surface area contributed by atoms with Gasteiger partial charge in [0.1, 0.15) is 0 Å². The molecule has 2 aromatic heterocycles. The van der Waals surface area contributed by atoms with E-state index in [0.717, 1.165) is 21.8 Å². The summed E-state index contributed by atoms with van der Waals surface area (Å²) in [6.07, 6.45) is 3.65. The van der Waals surface area contributed by atoms with Crippen LogP contribution in [0.15, 0.2) is 60.9 Å². The van der Waals surface area contributed by atoms with E-state index in [9.17, 15) is 0 Å². The highest BCUT2D eigenvalue weighted by molar-refractivity contribution is 5.78. The predicted octanol–water partition coefficient (Wildman–Crippen LogP) is 3.94. The molecule has 2 nitrogen and oxygen atoms in total. The molecule has 0 fully saturated rings. The molecule has 2 aromatic carbocycles. The maximum Gasteiger partial charge on any atom is 0.0460 e. The first-order valence-electron chi connectivity index (χ1n) is 5.81. The number of rotatable bonds is 0. The highest BCUT2D eigenvalue weighted by Gasteiger charge is 1.88. The molecule has 4 rings (SSSR count). The summed E-state index contributed by atoms with van der Waals surface area (Å²) in [4.78, 5) is 6.13. The summed E-state index contributed by atoms with van der Waals surface area (Å²) in [6.45, 7) is 0. The van der Waals surface area contributed by atoms with Crippen LogP contribution in [0.1, 0.15) is 0 Å². The molecule has 0 unspecified atom stereocenters. The minimum absolute atomic E-state index is 1.15. The van der Waals surface area contributed by atoms with Gasteiger partial charge < -0.3 is 9.97 Å². The molecule has 4 aromatic rings. The highest BCUT2D eigenvalue weighted by Crippen LogP contribution is 2.09. The lowest BCUT2D eigenvalue weighted by atomic mass is 10.3. The Kier molecular flexibility index (Phi) is 2.84. The minimum atomic E-state index is 1.15. The molecular formula is C16H12N2. The molecule has 2 radical (unpaired) electrons. The summed E-state index contributed by atoms with van der Waals surface area (Å²) in [5.41, 5.74) is 2.30. The summed E-state index contributed by atoms with van der Waals surface area (Å²) >= 11 is 0. The average molecular weight is 232 g/mol. The summed E-state index contributed by atoms with van der Waals surface area (Å²) in [6, 6.07) is 22.3. The van der Waals surface area contributed by atoms with Crippen LogP contribution in [0.5, 0.6) is 0 Å². The van der Waals surface area contributed by atoms with Gasteiger partial charge in [-0.2, -0.15) is 0 Å². The summed E-state index contributed by atoms with van der Waals surface area (Å²) in [7, 11) is 0. The molecule has 0 spiro atoms. The first kappa shape index (κ1) is 10.7. The number of H-pyrrole nitrogens is 2. The van der Waals surface area contributed by atoms with E-state index < -0.39 is 0 Å². The van der Waals surface area contributed by atoms with Crippen molar-refractivity contribution in [2.45, 2.75) is 0 Å². The van der Waals surface area contributed by atoms with Gasteiger partial charge in [0.05, 0.1) is 0 Å². The van der Waals surface area contributed by atoms with Crippen molar-refractivity contribution >= 4 is 21.8 Å². The fourth-order valence-corrected chi connectivity index (χ4v) is 1.85. The Labute approximate surface area is 105 Å². The lowest BCUT2D eigenvalue weighted by molar-refractivity contribution is 1.47. The van der Waals surface area contributed by atoms with Gasteiger partial charge in [0, 0.05) is 46.3 Å². The van der Waals surface area contributed by atoms with Crippen molar-refractivity contribution in [2.24, 2.45) is 0 Å². The number of aromatic nitrogens is 2. The molecule has 0 aliphatic rings. The van der Waals surface area contributed by atoms with Gasteiger partial charge >= 0.3 is 0 Å². The molecule has 0 saturated carbocycles. The molecule has 0 aliphatic heterocycles. The van der Waals surface area contributed by atoms with Gasteiger partial charge in [0.25, 0.3) is 0 Å². The summed E-state index contributed by atoms with van der Waals surface area (Å²) in [5, 5.41) is 2.30. The lowest BCUT2D eigenvalue weighted by Gasteiger charge is -1.82. The zero-order valence-corrected chi connectivity index (χ0v) is 9.77. The zero-order valence-electron chi connectivity index (χ0n) is 9.77. The van der Waals surface area contributed by atoms with E-state index in [1.54, 1.807) is 0 Å². The van der Waals surface area contributed by atoms with Crippen LogP contribution in [-0.2, 0) is 0 Å². The van der Waals surface area contributed by atoms with E-state index in [1.165, 1.54) is 0 Å². The molecular weight excluding hydrogens is 220 g/mol. The second-order valence-corrected chi connectivity index (χ2v) is 3.96. The van der Waals surface area contributed by atoms with Crippen molar-refractivity contribution in [3.63, 3.8) is 0 Å². The molecule has 0 saturated heterocycles. The van der Waals surface area contributed by atoms with Crippen LogP contribution in [0.2, 0.25) is 0 Å². The Morgan fingerprint density at radius 2 is 1.06 bits per heavy atom. The van der Waals surface area contributed by atoms with Crippen LogP contribution in [0.3, 0.4) is 0 Å². The van der Waals surface area contributed by atoms with Gasteiger partial charge in [0.15, 0.2) is 0 Å². The normalized spacial score (nSPS) is 10.2. The molecule has 18 heavy (non-hydrogen) atoms. The van der Waals surface area contributed by atoms with Crippen LogP contribution in [0, 0.1) is 12.1 Å². The SMILES string of the molecule is [c]1c[nH]c2ccccc12.[c]1c[nH]c2ccccc12. The molecule has 2 N–H and O–H groups in total. The predicted molar refractivity (Wildman–Crippen MR) is 74.3 cm³/mol. The molecule has 0 amide bonds. The number of fused-ring (bicyclic) bond motifs is 2. The van der Waals surface area contributed by atoms with E-state index in [-0.39, 0.29) is 0 Å². The Bertz CT molecular complexity index is 623. The van der Waals surface area contributed by atoms with Gasteiger partial charge in [-0.1, -0.05) is 36.4 Å². The second kappa shape index (κ2) is 4.80. The largest absolute Gasteiger partial charge is 0.361 e. The Morgan fingerprint density at radius 3 is 1.50 bits per heavy atom. The fraction of sp³-hybridized carbons (Fsp3) is 0. The van der Waals surface area contributed by atoms with E-state index in [0.29, 0.717) is 0 Å². The Hall–Kier alpha value is -2.48. The number of hydrogen-bond donors (Lipinski definition) is 2. The van der Waals surface area contributed by atoms with Crippen molar-refractivity contribution in [1.29, 1.82) is 0 Å². The zero-order chi connectivity index (χ0) is 12.2. The van der Waals surface area contributed by atoms with Gasteiger partial charge in [-0.25, -0.2) is 0 Å². The van der Waals surface area contributed by atoms with Gasteiger partial charge in [-0.3, -0.25) is 0 Å². The monoisotopic (exact) mass is 232 g/mol. The maximum absolute atomic E-state index is 3.06. The van der Waals surface area contributed by atoms with Crippen molar-refractivity contribution in [3.8, 4) is 0 Å². The number of nitrogens with one attached hydrogen (secondary N) is 2. The van der Waals surface area contributed by atoms with Gasteiger partial charge in [0.2, 0.25) is 0 Å². The summed E-state index contributed by atoms with van der Waals surface area (Å²) in [5.74, 6) is 0. The molecule has 86 valence electrons. The number of aromatic amines is 2. The maximum atomic E-state index is 3.06. The molecule has 2 heteroatoms. The lowest BCUT2D eigenvalue weighted by Crippen LogP contribution is -1.61. The third-order valence-corrected chi connectivity index (χ3v) is 2.76. The van der Waals surface area contributed by atoms with Gasteiger partial charge in [-0.15, -0.1) is 0 Å². The van der Waals surface area contributed by atoms with E-state index in [2.05, 4.69) is 22.1 Å². The second-order valence-electron chi connectivity index (χ2n) is 3.96. The van der Waals surface area contributed by atoms with Crippen LogP contribution in [-0.4, -0.2) is 9.97 Å². The Morgan fingerprint density at radius 1 is 0.611 bits per heavy atom. The molecule has 2 heterocycles. The molecule has 0 atom stereocenters. The smallest absolute Gasteiger partial charge is 0.0460 e. The number of benzene rings is 2. The van der Waals surface area contributed by atoms with Crippen molar-refractivity contribution in [1.82, 2.24) is 9.97 Å². The first-order valence-corrected chi connectivity index (χ1v) is 5.81. The third kappa shape index (κ3) is 2.13. The van der Waals surface area contributed by atoms with Crippen LogP contribution < -0.4 is 0 Å². The van der Waals surface area contributed by atoms with E-state index in [1.807, 2.05) is 60.9 Å². The topological polar surface area (TPSA) is 31.6 Å². The average Bonchev–Trinajstić information content (AvgIpc) is 3.08. The third-order valence-electron chi connectivity index (χ3n) is 2.76. The van der Waals surface area contributed by atoms with Crippen LogP contribution in [0.25, 0.3) is 21.8 Å². The number of hydrogen-bond acceptors (Lipinski definition) is 0. The molecule has 0 aliphatic carbocycles. The number of para-hydroxylation sites is 2. The standard InChI is InChI=1S/2C8H6N/c2*1-2-4-8-7(3-1)5-6-9-8/h2*1-4,6,9H. The van der Waals surface area contributed by atoms with Crippen LogP contribution in [0.4, 0.5) is 0 Å². The highest BCUT2D eigenvalue weighted by atomic mass is 14.7. The van der Waals surface area contributed by atoms with Crippen molar-refractivity contribution in [3.05, 3.63) is 73.1 Å².